The highest BCUT2D eigenvalue weighted by Gasteiger charge is 2.17. The molecule has 1 N–H and O–H groups in total. The fraction of sp³-hybridized carbons (Fsp3) is 0.138. The van der Waals surface area contributed by atoms with Crippen molar-refractivity contribution in [2.45, 2.75) is 6.92 Å². The second kappa shape index (κ2) is 10.4. The molecule has 4 aromatic carbocycles. The van der Waals surface area contributed by atoms with Crippen molar-refractivity contribution in [3.63, 3.8) is 0 Å². The molecular weight excluding hydrogens is 452 g/mol. The average molecular weight is 479 g/mol. The summed E-state index contributed by atoms with van der Waals surface area (Å²) in [4.78, 5) is 17.7. The number of benzene rings is 4. The predicted octanol–water partition coefficient (Wildman–Crippen LogP) is 5.67. The van der Waals surface area contributed by atoms with Crippen LogP contribution >= 0.6 is 0 Å². The average Bonchev–Trinajstić information content (AvgIpc) is 3.33. The fourth-order valence-corrected chi connectivity index (χ4v) is 4.06. The summed E-state index contributed by atoms with van der Waals surface area (Å²) in [6, 6.07) is 29.4. The van der Waals surface area contributed by atoms with Gasteiger partial charge in [-0.25, -0.2) is 4.68 Å². The molecule has 0 unspecified atom stereocenters. The number of hydrogen-bond donors (Lipinski definition) is 1. The van der Waals surface area contributed by atoms with Crippen LogP contribution in [-0.2, 0) is 4.74 Å². The first-order chi connectivity index (χ1) is 17.6. The van der Waals surface area contributed by atoms with E-state index in [-0.39, 0.29) is 11.9 Å². The lowest BCUT2D eigenvalue weighted by Crippen LogP contribution is -2.12. The second-order valence-corrected chi connectivity index (χ2v) is 8.31. The molecule has 7 nitrogen and oxygen atoms in total. The second-order valence-electron chi connectivity index (χ2n) is 8.31. The number of hydrogen-bond acceptors (Lipinski definition) is 5. The third kappa shape index (κ3) is 4.82. The Labute approximate surface area is 209 Å². The molecule has 0 bridgehead atoms. The highest BCUT2D eigenvalue weighted by atomic mass is 16.5. The number of anilines is 1. The van der Waals surface area contributed by atoms with Crippen molar-refractivity contribution >= 4 is 22.4 Å². The van der Waals surface area contributed by atoms with Crippen LogP contribution in [0.3, 0.4) is 0 Å². The molecule has 1 aromatic heterocycles. The Morgan fingerprint density at radius 1 is 0.889 bits per heavy atom. The van der Waals surface area contributed by atoms with E-state index in [1.165, 1.54) is 0 Å². The van der Waals surface area contributed by atoms with Gasteiger partial charge in [-0.2, -0.15) is 4.98 Å². The molecule has 0 fully saturated rings. The third-order valence-electron chi connectivity index (χ3n) is 5.90. The minimum atomic E-state index is -0.158. The number of ether oxygens (including phenoxy) is 2. The van der Waals surface area contributed by atoms with E-state index in [4.69, 9.17) is 9.47 Å². The van der Waals surface area contributed by atoms with Gasteiger partial charge in [-0.05, 0) is 53.6 Å². The van der Waals surface area contributed by atoms with Gasteiger partial charge in [-0.15, -0.1) is 5.10 Å². The molecule has 0 atom stereocenters. The van der Waals surface area contributed by atoms with Crippen LogP contribution in [-0.4, -0.2) is 41.0 Å². The number of nitrogens with zero attached hydrogens (tertiary/aromatic N) is 3. The number of carbonyl (C=O) groups excluding carboxylic acids is 1. The molecule has 180 valence electrons. The largest absolute Gasteiger partial charge is 0.460 e. The zero-order chi connectivity index (χ0) is 24.9. The van der Waals surface area contributed by atoms with E-state index in [9.17, 15) is 4.79 Å². The van der Waals surface area contributed by atoms with Crippen molar-refractivity contribution in [3.8, 4) is 23.1 Å². The Morgan fingerprint density at radius 3 is 2.44 bits per heavy atom. The van der Waals surface area contributed by atoms with Gasteiger partial charge in [-0.3, -0.25) is 4.79 Å². The van der Waals surface area contributed by atoms with Gasteiger partial charge >= 0.3 is 6.01 Å². The molecule has 36 heavy (non-hydrogen) atoms. The van der Waals surface area contributed by atoms with Gasteiger partial charge in [0.25, 0.3) is 5.91 Å². The molecule has 5 aromatic rings. The van der Waals surface area contributed by atoms with Crippen LogP contribution < -0.4 is 10.1 Å². The highest BCUT2D eigenvalue weighted by Crippen LogP contribution is 2.27. The van der Waals surface area contributed by atoms with E-state index in [1.54, 1.807) is 11.8 Å². The summed E-state index contributed by atoms with van der Waals surface area (Å²) in [7, 11) is 1.62. The van der Waals surface area contributed by atoms with Crippen molar-refractivity contribution in [3.05, 3.63) is 102 Å². The van der Waals surface area contributed by atoms with Gasteiger partial charge in [0.15, 0.2) is 5.82 Å². The molecule has 0 spiro atoms. The lowest BCUT2D eigenvalue weighted by molar-refractivity contribution is 0.102. The zero-order valence-corrected chi connectivity index (χ0v) is 20.1. The molecular formula is C29H26N4O3. The molecule has 0 saturated heterocycles. The van der Waals surface area contributed by atoms with Crippen molar-refractivity contribution < 1.29 is 14.3 Å². The van der Waals surface area contributed by atoms with Gasteiger partial charge < -0.3 is 14.8 Å². The maximum absolute atomic E-state index is 13.0. The Balaban J connectivity index is 1.42. The lowest BCUT2D eigenvalue weighted by Gasteiger charge is -2.10. The molecule has 5 rings (SSSR count). The van der Waals surface area contributed by atoms with Crippen LogP contribution in [0.1, 0.15) is 15.9 Å². The first-order valence-corrected chi connectivity index (χ1v) is 11.7. The van der Waals surface area contributed by atoms with Crippen molar-refractivity contribution in [1.82, 2.24) is 14.8 Å². The van der Waals surface area contributed by atoms with Crippen LogP contribution in [0, 0.1) is 6.92 Å². The van der Waals surface area contributed by atoms with E-state index in [0.29, 0.717) is 30.3 Å². The number of amides is 1. The van der Waals surface area contributed by atoms with Crippen molar-refractivity contribution in [1.29, 1.82) is 0 Å². The highest BCUT2D eigenvalue weighted by molar-refractivity contribution is 6.12. The number of carbonyl (C=O) groups is 1. The first-order valence-electron chi connectivity index (χ1n) is 11.7. The minimum absolute atomic E-state index is 0.158. The van der Waals surface area contributed by atoms with Crippen LogP contribution in [0.4, 0.5) is 5.69 Å². The normalized spacial score (nSPS) is 10.9. The minimum Gasteiger partial charge on any atom is -0.460 e. The van der Waals surface area contributed by atoms with Gasteiger partial charge in [0.2, 0.25) is 0 Å². The van der Waals surface area contributed by atoms with Crippen LogP contribution in [0.25, 0.3) is 27.8 Å². The van der Waals surface area contributed by atoms with E-state index in [0.717, 1.165) is 27.6 Å². The number of fused-ring (bicyclic) bond motifs is 1. The topological polar surface area (TPSA) is 78.3 Å². The Kier molecular flexibility index (Phi) is 6.73. The number of aromatic nitrogens is 3. The van der Waals surface area contributed by atoms with Crippen LogP contribution in [0.15, 0.2) is 91.0 Å². The van der Waals surface area contributed by atoms with Gasteiger partial charge in [0.05, 0.1) is 12.3 Å². The van der Waals surface area contributed by atoms with Gasteiger partial charge in [0, 0.05) is 23.9 Å². The number of nitrogens with one attached hydrogen (secondary N) is 1. The number of aryl methyl sites for hydroxylation is 1. The summed E-state index contributed by atoms with van der Waals surface area (Å²) >= 11 is 0. The van der Waals surface area contributed by atoms with E-state index in [2.05, 4.69) is 15.4 Å². The SMILES string of the molecule is COCCOc1nc(-c2ccccc2C)n(-c2ccc(NC(=O)c3cccc4ccccc34)cc2)n1. The summed E-state index contributed by atoms with van der Waals surface area (Å²) in [5, 5.41) is 9.53. The Bertz CT molecular complexity index is 1500. The predicted molar refractivity (Wildman–Crippen MR) is 141 cm³/mol. The Morgan fingerprint density at radius 2 is 1.64 bits per heavy atom. The number of methoxy groups -OCH3 is 1. The molecule has 1 amide bonds. The monoisotopic (exact) mass is 478 g/mol. The van der Waals surface area contributed by atoms with Crippen LogP contribution in [0.5, 0.6) is 6.01 Å². The lowest BCUT2D eigenvalue weighted by atomic mass is 10.0. The molecule has 0 aliphatic carbocycles. The zero-order valence-electron chi connectivity index (χ0n) is 20.1. The van der Waals surface area contributed by atoms with Gasteiger partial charge in [-0.1, -0.05) is 60.7 Å². The van der Waals surface area contributed by atoms with E-state index < -0.39 is 0 Å². The maximum Gasteiger partial charge on any atom is 0.336 e. The third-order valence-corrected chi connectivity index (χ3v) is 5.90. The molecule has 0 saturated carbocycles. The smallest absolute Gasteiger partial charge is 0.336 e. The van der Waals surface area contributed by atoms with Gasteiger partial charge in [0.1, 0.15) is 6.61 Å². The summed E-state index contributed by atoms with van der Waals surface area (Å²) in [5.41, 5.74) is 4.15. The number of rotatable bonds is 8. The van der Waals surface area contributed by atoms with Crippen molar-refractivity contribution in [2.24, 2.45) is 0 Å². The molecule has 0 aliphatic rings. The molecule has 7 heteroatoms. The quantitative estimate of drug-likeness (QED) is 0.291. The fourth-order valence-electron chi connectivity index (χ4n) is 4.06. The Hall–Kier alpha value is -4.49. The first kappa shape index (κ1) is 23.3. The summed E-state index contributed by atoms with van der Waals surface area (Å²) < 4.78 is 12.5. The molecule has 0 aliphatic heterocycles. The summed E-state index contributed by atoms with van der Waals surface area (Å²) in [6.45, 7) is 2.83. The van der Waals surface area contributed by atoms with Crippen LogP contribution in [0.2, 0.25) is 0 Å². The van der Waals surface area contributed by atoms with E-state index in [1.807, 2.05) is 97.9 Å². The maximum atomic E-state index is 13.0. The molecule has 0 radical (unpaired) electrons. The molecule has 1 heterocycles. The van der Waals surface area contributed by atoms with Crippen molar-refractivity contribution in [2.75, 3.05) is 25.6 Å². The summed E-state index contributed by atoms with van der Waals surface area (Å²) in [6.07, 6.45) is 0. The summed E-state index contributed by atoms with van der Waals surface area (Å²) in [5.74, 6) is 0.516. The van der Waals surface area contributed by atoms with E-state index >= 15 is 0 Å². The standard InChI is InChI=1S/C29H26N4O3/c1-20-8-3-5-11-24(20)27-31-29(36-19-18-35-2)32-33(27)23-16-14-22(15-17-23)30-28(34)26-13-7-10-21-9-4-6-12-25(21)26/h3-17H,18-19H2,1-2H3,(H,30,34).